The van der Waals surface area contributed by atoms with Crippen LogP contribution in [0.4, 0.5) is 0 Å². The van der Waals surface area contributed by atoms with E-state index in [1.54, 1.807) is 0 Å². The Bertz CT molecular complexity index is 1180. The maximum absolute atomic E-state index is 6.07. The summed E-state index contributed by atoms with van der Waals surface area (Å²) in [5.74, 6) is 0. The number of aryl methyl sites for hydroxylation is 3. The molecule has 0 bridgehead atoms. The maximum Gasteiger partial charge on any atom is 0.495 e. The standard InChI is InChI=1S/C14H21BO2.C12H24B2O4.C9H12.Pd/c1-6-11-9-7-8-10-12(11)15-16-13(2,3)14(4,5)17-15;1-9(2)10(3,4)16-13(15-9)14-17-11(5,6)12(7,8)18-14;1-3-9-7-5-4-6-8(9)2;/h7-10H,6H2,1-5H3;1-8H3;4-7H,3H2,1-2H3;. The smallest absolute Gasteiger partial charge is 0.405 e. The van der Waals surface area contributed by atoms with Gasteiger partial charge in [0.05, 0.1) is 33.6 Å². The number of rotatable bonds is 4. The van der Waals surface area contributed by atoms with E-state index in [1.165, 1.54) is 16.7 Å². The van der Waals surface area contributed by atoms with Gasteiger partial charge in [-0.1, -0.05) is 62.4 Å². The number of hydrogen-bond acceptors (Lipinski definition) is 6. The van der Waals surface area contributed by atoms with Gasteiger partial charge < -0.3 is 27.9 Å². The third-order valence-electron chi connectivity index (χ3n) is 10.4. The third kappa shape index (κ3) is 8.95. The molecule has 0 spiro atoms. The summed E-state index contributed by atoms with van der Waals surface area (Å²) in [6.45, 7) is 31.0. The van der Waals surface area contributed by atoms with Crippen LogP contribution in [0.2, 0.25) is 0 Å². The molecule has 3 aliphatic heterocycles. The Labute approximate surface area is 289 Å². The second-order valence-corrected chi connectivity index (χ2v) is 15.2. The van der Waals surface area contributed by atoms with Gasteiger partial charge in [-0.2, -0.15) is 0 Å². The molecule has 0 aromatic heterocycles. The van der Waals surface area contributed by atoms with E-state index in [0.29, 0.717) is 0 Å². The van der Waals surface area contributed by atoms with Crippen LogP contribution in [-0.4, -0.2) is 54.7 Å². The molecule has 2 aromatic carbocycles. The van der Waals surface area contributed by atoms with Crippen molar-refractivity contribution < 1.29 is 48.3 Å². The van der Waals surface area contributed by atoms with Crippen molar-refractivity contribution in [3.63, 3.8) is 0 Å². The van der Waals surface area contributed by atoms with Gasteiger partial charge in [-0.05, 0) is 125 Å². The van der Waals surface area contributed by atoms with Crippen molar-refractivity contribution in [2.24, 2.45) is 0 Å². The maximum atomic E-state index is 6.07. The summed E-state index contributed by atoms with van der Waals surface area (Å²) in [6.07, 6.45) is 2.15. The Morgan fingerprint density at radius 1 is 0.467 bits per heavy atom. The largest absolute Gasteiger partial charge is 0.495 e. The normalized spacial score (nSPS) is 23.0. The predicted molar refractivity (Wildman–Crippen MR) is 184 cm³/mol. The fraction of sp³-hybridized carbons (Fsp3) is 0.657. The molecule has 10 heteroatoms. The number of hydrogen-bond donors (Lipinski definition) is 0. The molecule has 0 radical (unpaired) electrons. The summed E-state index contributed by atoms with van der Waals surface area (Å²) in [7, 11) is -1.19. The van der Waals surface area contributed by atoms with E-state index in [9.17, 15) is 0 Å². The first kappa shape index (κ1) is 40.2. The molecule has 3 fully saturated rings. The second-order valence-electron chi connectivity index (χ2n) is 15.2. The molecule has 3 aliphatic rings. The third-order valence-corrected chi connectivity index (χ3v) is 10.4. The molecule has 6 nitrogen and oxygen atoms in total. The summed E-state index contributed by atoms with van der Waals surface area (Å²) in [4.78, 5) is 0. The van der Waals surface area contributed by atoms with Gasteiger partial charge in [-0.25, -0.2) is 0 Å². The first-order valence-electron chi connectivity index (χ1n) is 16.3. The predicted octanol–water partition coefficient (Wildman–Crippen LogP) is 7.35. The van der Waals surface area contributed by atoms with Gasteiger partial charge in [0.1, 0.15) is 0 Å². The van der Waals surface area contributed by atoms with E-state index in [-0.39, 0.29) is 61.1 Å². The van der Waals surface area contributed by atoms with Crippen LogP contribution in [0, 0.1) is 6.92 Å². The van der Waals surface area contributed by atoms with Crippen LogP contribution in [0.1, 0.15) is 114 Å². The summed E-state index contributed by atoms with van der Waals surface area (Å²) >= 11 is 0. The molecule has 45 heavy (non-hydrogen) atoms. The molecule has 0 unspecified atom stereocenters. The van der Waals surface area contributed by atoms with Gasteiger partial charge in [0.2, 0.25) is 0 Å². The van der Waals surface area contributed by atoms with Gasteiger partial charge in [0, 0.05) is 20.4 Å². The monoisotopic (exact) mass is 712 g/mol. The zero-order chi connectivity index (χ0) is 33.4. The fourth-order valence-corrected chi connectivity index (χ4v) is 5.06. The quantitative estimate of drug-likeness (QED) is 0.309. The molecule has 3 saturated heterocycles. The van der Waals surface area contributed by atoms with E-state index in [0.717, 1.165) is 18.3 Å². The molecule has 5 rings (SSSR count). The second kappa shape index (κ2) is 14.7. The van der Waals surface area contributed by atoms with Gasteiger partial charge in [-0.15, -0.1) is 0 Å². The molecule has 2 aromatic rings. The average Bonchev–Trinajstić information content (AvgIpc) is 3.38. The molecular weight excluding hydrogens is 655 g/mol. The minimum Gasteiger partial charge on any atom is -0.405 e. The van der Waals surface area contributed by atoms with Crippen LogP contribution in [0.5, 0.6) is 0 Å². The summed E-state index contributed by atoms with van der Waals surface area (Å²) in [5.41, 5.74) is 3.35. The van der Waals surface area contributed by atoms with Gasteiger partial charge in [0.25, 0.3) is 0 Å². The minimum atomic E-state index is -0.476. The molecule has 0 saturated carbocycles. The Kier molecular flexibility index (Phi) is 13.1. The topological polar surface area (TPSA) is 55.4 Å². The molecule has 0 atom stereocenters. The summed E-state index contributed by atoms with van der Waals surface area (Å²) < 4.78 is 36.0. The fourth-order valence-electron chi connectivity index (χ4n) is 5.06. The van der Waals surface area contributed by atoms with Crippen LogP contribution in [0.25, 0.3) is 0 Å². The molecule has 252 valence electrons. The van der Waals surface area contributed by atoms with Gasteiger partial charge in [0.15, 0.2) is 0 Å². The Morgan fingerprint density at radius 3 is 1.11 bits per heavy atom. The van der Waals surface area contributed by atoms with Crippen molar-refractivity contribution >= 4 is 26.6 Å². The van der Waals surface area contributed by atoms with Crippen molar-refractivity contribution in [1.29, 1.82) is 0 Å². The average molecular weight is 713 g/mol. The van der Waals surface area contributed by atoms with Crippen LogP contribution >= 0.6 is 0 Å². The van der Waals surface area contributed by atoms with Gasteiger partial charge in [-0.3, -0.25) is 0 Å². The Morgan fingerprint density at radius 2 is 0.778 bits per heavy atom. The van der Waals surface area contributed by atoms with E-state index >= 15 is 0 Å². The zero-order valence-corrected chi connectivity index (χ0v) is 32.1. The summed E-state index contributed by atoms with van der Waals surface area (Å²) in [5, 5.41) is 0. The summed E-state index contributed by atoms with van der Waals surface area (Å²) in [6, 6.07) is 16.8. The molecule has 0 amide bonds. The van der Waals surface area contributed by atoms with Crippen molar-refractivity contribution in [1.82, 2.24) is 0 Å². The van der Waals surface area contributed by atoms with Crippen molar-refractivity contribution in [3.05, 3.63) is 65.2 Å². The van der Waals surface area contributed by atoms with Crippen molar-refractivity contribution in [2.45, 2.75) is 150 Å². The SMILES string of the molecule is CC1(C)OB(B2OC(C)(C)C(C)(C)O2)OC1(C)C.CCc1ccccc1B1OC(C)(C)C(C)(C)O1.CCc1ccccc1C.[Pd]. The minimum absolute atomic E-state index is 0. The Balaban J connectivity index is 0.000000245. The van der Waals surface area contributed by atoms with E-state index < -0.39 is 14.0 Å². The number of benzene rings is 2. The van der Waals surface area contributed by atoms with Crippen LogP contribution < -0.4 is 5.46 Å². The molecule has 0 aliphatic carbocycles. The van der Waals surface area contributed by atoms with E-state index in [1.807, 2.05) is 61.5 Å². The first-order chi connectivity index (χ1) is 20.1. The Hall–Kier alpha value is -0.943. The van der Waals surface area contributed by atoms with E-state index in [2.05, 4.69) is 90.9 Å². The van der Waals surface area contributed by atoms with Crippen LogP contribution in [0.15, 0.2) is 48.5 Å². The molecular formula is C35H57B3O6Pd. The van der Waals surface area contributed by atoms with Crippen LogP contribution in [0.3, 0.4) is 0 Å². The molecule has 0 N–H and O–H groups in total. The van der Waals surface area contributed by atoms with Crippen LogP contribution in [-0.2, 0) is 61.2 Å². The molecule has 3 heterocycles. The first-order valence-corrected chi connectivity index (χ1v) is 16.3. The zero-order valence-electron chi connectivity index (χ0n) is 30.5. The van der Waals surface area contributed by atoms with Crippen molar-refractivity contribution in [2.75, 3.05) is 0 Å². The van der Waals surface area contributed by atoms with Gasteiger partial charge >= 0.3 is 21.1 Å². The van der Waals surface area contributed by atoms with Crippen molar-refractivity contribution in [3.8, 4) is 0 Å². The van der Waals surface area contributed by atoms with E-state index in [4.69, 9.17) is 27.9 Å².